The van der Waals surface area contributed by atoms with Crippen LogP contribution >= 0.6 is 0 Å². The first kappa shape index (κ1) is 14.0. The van der Waals surface area contributed by atoms with Crippen LogP contribution in [0.3, 0.4) is 0 Å². The van der Waals surface area contributed by atoms with Crippen molar-refractivity contribution in [3.05, 3.63) is 59.7 Å². The van der Waals surface area contributed by atoms with E-state index in [2.05, 4.69) is 0 Å². The summed E-state index contributed by atoms with van der Waals surface area (Å²) in [6.07, 6.45) is 0. The summed E-state index contributed by atoms with van der Waals surface area (Å²) in [4.78, 5) is 13.9. The van der Waals surface area contributed by atoms with Gasteiger partial charge in [-0.25, -0.2) is 8.78 Å². The minimum absolute atomic E-state index is 0.0467. The zero-order chi connectivity index (χ0) is 14.7. The van der Waals surface area contributed by atoms with Gasteiger partial charge in [0.15, 0.2) is 11.6 Å². The minimum atomic E-state index is -1.09. The topological polar surface area (TPSA) is 46.3 Å². The van der Waals surface area contributed by atoms with Crippen LogP contribution in [0.2, 0.25) is 0 Å². The summed E-state index contributed by atoms with van der Waals surface area (Å²) in [5.41, 5.74) is 6.15. The van der Waals surface area contributed by atoms with E-state index in [0.717, 1.165) is 12.1 Å². The summed E-state index contributed by atoms with van der Waals surface area (Å²) >= 11 is 0. The summed E-state index contributed by atoms with van der Waals surface area (Å²) in [6, 6.07) is 10.6. The van der Waals surface area contributed by atoms with Crippen molar-refractivity contribution in [3.8, 4) is 0 Å². The number of hydrogen-bond acceptors (Lipinski definition) is 2. The number of anilines is 2. The molecular formula is C15H14F2N2O. The maximum absolute atomic E-state index is 13.3. The average Bonchev–Trinajstić information content (AvgIpc) is 2.44. The fraction of sp³-hybridized carbons (Fsp3) is 0.133. The lowest BCUT2D eigenvalue weighted by molar-refractivity contribution is 0.0988. The molecule has 0 radical (unpaired) electrons. The smallest absolute Gasteiger partial charge is 0.260 e. The molecule has 1 amide bonds. The van der Waals surface area contributed by atoms with Gasteiger partial charge >= 0.3 is 0 Å². The van der Waals surface area contributed by atoms with E-state index in [1.165, 1.54) is 4.90 Å². The summed E-state index contributed by atoms with van der Waals surface area (Å²) in [5.74, 6) is -2.62. The highest BCUT2D eigenvalue weighted by molar-refractivity contribution is 6.09. The molecule has 3 nitrogen and oxygen atoms in total. The van der Waals surface area contributed by atoms with Gasteiger partial charge in [0, 0.05) is 24.0 Å². The number of nitrogens with two attached hydrogens (primary N) is 1. The largest absolute Gasteiger partial charge is 0.398 e. The van der Waals surface area contributed by atoms with Crippen molar-refractivity contribution in [2.75, 3.05) is 17.2 Å². The Bertz CT molecular complexity index is 629. The number of nitrogen functional groups attached to an aromatic ring is 1. The first-order valence-corrected chi connectivity index (χ1v) is 6.16. The molecule has 0 aliphatic rings. The number of hydrogen-bond donors (Lipinski definition) is 1. The van der Waals surface area contributed by atoms with Gasteiger partial charge in [-0.15, -0.1) is 0 Å². The monoisotopic (exact) mass is 276 g/mol. The van der Waals surface area contributed by atoms with Crippen molar-refractivity contribution < 1.29 is 13.6 Å². The van der Waals surface area contributed by atoms with E-state index < -0.39 is 17.5 Å². The fourth-order valence-electron chi connectivity index (χ4n) is 1.94. The molecule has 5 heteroatoms. The Morgan fingerprint density at radius 1 is 1.15 bits per heavy atom. The molecule has 0 heterocycles. The second-order valence-electron chi connectivity index (χ2n) is 4.24. The molecule has 2 rings (SSSR count). The molecule has 0 bridgehead atoms. The predicted octanol–water partition coefficient (Wildman–Crippen LogP) is 3.21. The van der Waals surface area contributed by atoms with Crippen molar-refractivity contribution in [1.82, 2.24) is 0 Å². The first-order valence-electron chi connectivity index (χ1n) is 6.16. The molecule has 0 spiro atoms. The van der Waals surface area contributed by atoms with Gasteiger partial charge in [0.05, 0.1) is 5.56 Å². The number of carbonyl (C=O) groups is 1. The highest BCUT2D eigenvalue weighted by Crippen LogP contribution is 2.22. The van der Waals surface area contributed by atoms with Crippen LogP contribution < -0.4 is 10.6 Å². The van der Waals surface area contributed by atoms with Crippen LogP contribution in [0, 0.1) is 11.6 Å². The summed E-state index contributed by atoms with van der Waals surface area (Å²) in [6.45, 7) is 2.18. The molecule has 0 unspecified atom stereocenters. The third-order valence-electron chi connectivity index (χ3n) is 2.95. The van der Waals surface area contributed by atoms with E-state index in [4.69, 9.17) is 5.73 Å². The van der Waals surface area contributed by atoms with Crippen molar-refractivity contribution in [2.24, 2.45) is 0 Å². The Hall–Kier alpha value is -2.43. The van der Waals surface area contributed by atoms with Gasteiger partial charge < -0.3 is 10.6 Å². The molecule has 0 saturated carbocycles. The molecule has 0 aliphatic heterocycles. The van der Waals surface area contributed by atoms with Crippen LogP contribution in [-0.2, 0) is 0 Å². The highest BCUT2D eigenvalue weighted by atomic mass is 19.2. The zero-order valence-corrected chi connectivity index (χ0v) is 10.9. The van der Waals surface area contributed by atoms with Gasteiger partial charge in [0.25, 0.3) is 5.91 Å². The van der Waals surface area contributed by atoms with Crippen LogP contribution in [0.15, 0.2) is 42.5 Å². The van der Waals surface area contributed by atoms with Crippen molar-refractivity contribution in [2.45, 2.75) is 6.92 Å². The molecule has 0 saturated heterocycles. The normalized spacial score (nSPS) is 10.3. The van der Waals surface area contributed by atoms with Gasteiger partial charge in [0.2, 0.25) is 0 Å². The maximum Gasteiger partial charge on any atom is 0.260 e. The van der Waals surface area contributed by atoms with Crippen LogP contribution in [0.5, 0.6) is 0 Å². The second kappa shape index (κ2) is 5.69. The Kier molecular flexibility index (Phi) is 3.98. The number of benzene rings is 2. The summed E-state index contributed by atoms with van der Waals surface area (Å²) < 4.78 is 26.3. The maximum atomic E-state index is 13.3. The number of nitrogens with zero attached hydrogens (tertiary/aromatic N) is 1. The molecule has 0 aliphatic carbocycles. The number of rotatable bonds is 3. The Balaban J connectivity index is 2.42. The van der Waals surface area contributed by atoms with Crippen molar-refractivity contribution in [3.63, 3.8) is 0 Å². The van der Waals surface area contributed by atoms with Crippen LogP contribution in [0.4, 0.5) is 20.2 Å². The fourth-order valence-corrected chi connectivity index (χ4v) is 1.94. The van der Waals surface area contributed by atoms with E-state index in [0.29, 0.717) is 12.2 Å². The minimum Gasteiger partial charge on any atom is -0.398 e. The Morgan fingerprint density at radius 3 is 2.35 bits per heavy atom. The van der Waals surface area contributed by atoms with Crippen LogP contribution in [-0.4, -0.2) is 12.5 Å². The Labute approximate surface area is 115 Å². The lowest BCUT2D eigenvalue weighted by Crippen LogP contribution is -2.31. The van der Waals surface area contributed by atoms with Gasteiger partial charge in [0.1, 0.15) is 0 Å². The molecular weight excluding hydrogens is 262 g/mol. The quantitative estimate of drug-likeness (QED) is 0.875. The SMILES string of the molecule is CCN(C(=O)c1cc(F)c(F)cc1N)c1ccccc1. The van der Waals surface area contributed by atoms with E-state index in [-0.39, 0.29) is 11.3 Å². The lowest BCUT2D eigenvalue weighted by Gasteiger charge is -2.21. The molecule has 2 N–H and O–H groups in total. The van der Waals surface area contributed by atoms with Crippen LogP contribution in [0.25, 0.3) is 0 Å². The number of carbonyl (C=O) groups excluding carboxylic acids is 1. The highest BCUT2D eigenvalue weighted by Gasteiger charge is 2.20. The number of amides is 1. The predicted molar refractivity (Wildman–Crippen MR) is 74.6 cm³/mol. The summed E-state index contributed by atoms with van der Waals surface area (Å²) in [5, 5.41) is 0. The molecule has 104 valence electrons. The van der Waals surface area contributed by atoms with E-state index in [1.807, 2.05) is 6.07 Å². The van der Waals surface area contributed by atoms with Gasteiger partial charge in [-0.1, -0.05) is 18.2 Å². The van der Waals surface area contributed by atoms with E-state index >= 15 is 0 Å². The third kappa shape index (κ3) is 2.61. The van der Waals surface area contributed by atoms with Crippen molar-refractivity contribution >= 4 is 17.3 Å². The van der Waals surface area contributed by atoms with Crippen molar-refractivity contribution in [1.29, 1.82) is 0 Å². The van der Waals surface area contributed by atoms with Gasteiger partial charge in [-0.3, -0.25) is 4.79 Å². The zero-order valence-electron chi connectivity index (χ0n) is 10.9. The number of para-hydroxylation sites is 1. The van der Waals surface area contributed by atoms with E-state index in [9.17, 15) is 13.6 Å². The molecule has 0 aromatic heterocycles. The average molecular weight is 276 g/mol. The second-order valence-corrected chi connectivity index (χ2v) is 4.24. The molecule has 0 fully saturated rings. The van der Waals surface area contributed by atoms with Gasteiger partial charge in [-0.2, -0.15) is 0 Å². The first-order chi connectivity index (χ1) is 9.54. The third-order valence-corrected chi connectivity index (χ3v) is 2.95. The van der Waals surface area contributed by atoms with Gasteiger partial charge in [-0.05, 0) is 25.1 Å². The molecule has 2 aromatic rings. The standard InChI is InChI=1S/C15H14F2N2O/c1-2-19(10-6-4-3-5-7-10)15(20)11-8-12(16)13(17)9-14(11)18/h3-9H,2,18H2,1H3. The molecule has 2 aromatic carbocycles. The van der Waals surface area contributed by atoms with Crippen LogP contribution in [0.1, 0.15) is 17.3 Å². The Morgan fingerprint density at radius 2 is 1.75 bits per heavy atom. The molecule has 20 heavy (non-hydrogen) atoms. The summed E-state index contributed by atoms with van der Waals surface area (Å²) in [7, 11) is 0. The van der Waals surface area contributed by atoms with E-state index in [1.54, 1.807) is 31.2 Å². The molecule has 0 atom stereocenters. The lowest BCUT2D eigenvalue weighted by atomic mass is 10.1. The number of halogens is 2.